The summed E-state index contributed by atoms with van der Waals surface area (Å²) in [6.07, 6.45) is 5.97. The van der Waals surface area contributed by atoms with Crippen LogP contribution in [0.5, 0.6) is 0 Å². The van der Waals surface area contributed by atoms with Crippen molar-refractivity contribution in [2.45, 2.75) is 19.9 Å². The van der Waals surface area contributed by atoms with Crippen molar-refractivity contribution in [1.82, 2.24) is 0 Å². The first-order valence-electron chi connectivity index (χ1n) is 3.68. The van der Waals surface area contributed by atoms with Crippen molar-refractivity contribution in [3.05, 3.63) is 24.0 Å². The number of rotatable bonds is 0. The van der Waals surface area contributed by atoms with Gasteiger partial charge in [-0.05, 0) is 11.1 Å². The number of allylic oxidation sites excluding steroid dienone is 1. The third-order valence-electron chi connectivity index (χ3n) is 1.84. The maximum absolute atomic E-state index is 4.30. The van der Waals surface area contributed by atoms with Crippen molar-refractivity contribution in [3.8, 4) is 0 Å². The van der Waals surface area contributed by atoms with E-state index in [4.69, 9.17) is 0 Å². The molecular weight excluding hydrogens is 138 g/mol. The molecule has 2 rings (SSSR count). The second-order valence-corrected chi connectivity index (χ2v) is 2.76. The fraction of sp³-hybridized carbons (Fsp3) is 0.375. The molecule has 11 heavy (non-hydrogen) atoms. The maximum Gasteiger partial charge on any atom is 0.316 e. The highest BCUT2D eigenvalue weighted by Gasteiger charge is 2.26. The summed E-state index contributed by atoms with van der Waals surface area (Å²) >= 11 is 0. The number of nitrogens with zero attached hydrogens (tertiary/aromatic N) is 3. The highest BCUT2D eigenvalue weighted by molar-refractivity contribution is 5.73. The van der Waals surface area contributed by atoms with E-state index in [1.165, 1.54) is 0 Å². The van der Waals surface area contributed by atoms with Gasteiger partial charge in [0.2, 0.25) is 0 Å². The smallest absolute Gasteiger partial charge is 0.123 e. The van der Waals surface area contributed by atoms with Gasteiger partial charge in [0.1, 0.15) is 5.70 Å². The molecule has 2 aliphatic heterocycles. The molecule has 0 fully saturated rings. The summed E-state index contributed by atoms with van der Waals surface area (Å²) in [6, 6.07) is 0.312. The predicted molar refractivity (Wildman–Crippen MR) is 42.5 cm³/mol. The predicted octanol–water partition coefficient (Wildman–Crippen LogP) is 1.68. The minimum absolute atomic E-state index is 0.312. The van der Waals surface area contributed by atoms with Crippen molar-refractivity contribution >= 4 is 5.84 Å². The summed E-state index contributed by atoms with van der Waals surface area (Å²) in [7, 11) is 0. The summed E-state index contributed by atoms with van der Waals surface area (Å²) in [5.41, 5.74) is 1.07. The highest BCUT2D eigenvalue weighted by Crippen LogP contribution is 2.15. The minimum atomic E-state index is 0.312. The van der Waals surface area contributed by atoms with Gasteiger partial charge in [-0.25, -0.2) is 0 Å². The Morgan fingerprint density at radius 3 is 3.09 bits per heavy atom. The van der Waals surface area contributed by atoms with E-state index in [0.29, 0.717) is 6.04 Å². The zero-order valence-electron chi connectivity index (χ0n) is 6.65. The Hall–Kier alpha value is -1.25. The van der Waals surface area contributed by atoms with Crippen LogP contribution in [0, 0.1) is 0 Å². The largest absolute Gasteiger partial charge is 0.316 e. The molecule has 56 valence electrons. The molecule has 0 bridgehead atoms. The first-order valence-corrected chi connectivity index (χ1v) is 3.68. The molecule has 0 aliphatic carbocycles. The van der Waals surface area contributed by atoms with E-state index < -0.39 is 0 Å². The Morgan fingerprint density at radius 2 is 2.27 bits per heavy atom. The fourth-order valence-corrected chi connectivity index (χ4v) is 1.37. The summed E-state index contributed by atoms with van der Waals surface area (Å²) in [5, 5.41) is 4.15. The SMILES string of the molecule is CC1=CC2C=CN=[N+]2C(C)=N1. The van der Waals surface area contributed by atoms with E-state index in [-0.39, 0.29) is 0 Å². The second-order valence-electron chi connectivity index (χ2n) is 2.76. The first-order chi connectivity index (χ1) is 5.27. The van der Waals surface area contributed by atoms with E-state index in [1.807, 2.05) is 24.7 Å². The number of hydrogen-bond acceptors (Lipinski definition) is 2. The van der Waals surface area contributed by atoms with Crippen LogP contribution >= 0.6 is 0 Å². The third-order valence-corrected chi connectivity index (χ3v) is 1.84. The maximum atomic E-state index is 4.30. The number of hydrogen-bond donors (Lipinski definition) is 0. The summed E-state index contributed by atoms with van der Waals surface area (Å²) < 4.78 is 1.91. The first kappa shape index (κ1) is 6.46. The average Bonchev–Trinajstić information content (AvgIpc) is 2.34. The van der Waals surface area contributed by atoms with Crippen LogP contribution in [0.3, 0.4) is 0 Å². The lowest BCUT2D eigenvalue weighted by molar-refractivity contribution is -0.491. The van der Waals surface area contributed by atoms with Crippen LogP contribution in [0.15, 0.2) is 34.2 Å². The van der Waals surface area contributed by atoms with Crippen molar-refractivity contribution in [1.29, 1.82) is 0 Å². The van der Waals surface area contributed by atoms with Crippen molar-refractivity contribution in [3.63, 3.8) is 0 Å². The molecule has 0 radical (unpaired) electrons. The lowest BCUT2D eigenvalue weighted by Crippen LogP contribution is -2.26. The highest BCUT2D eigenvalue weighted by atomic mass is 15.3. The summed E-state index contributed by atoms with van der Waals surface area (Å²) in [6.45, 7) is 3.98. The van der Waals surface area contributed by atoms with Crippen LogP contribution in [0.4, 0.5) is 0 Å². The average molecular weight is 148 g/mol. The molecule has 0 amide bonds. The molecule has 0 N–H and O–H groups in total. The van der Waals surface area contributed by atoms with Gasteiger partial charge in [0, 0.05) is 19.9 Å². The second kappa shape index (κ2) is 2.12. The van der Waals surface area contributed by atoms with Gasteiger partial charge >= 0.3 is 5.84 Å². The molecule has 1 unspecified atom stereocenters. The molecule has 1 atom stereocenters. The van der Waals surface area contributed by atoms with Gasteiger partial charge in [-0.2, -0.15) is 0 Å². The molecule has 3 nitrogen and oxygen atoms in total. The Bertz CT molecular complexity index is 307. The van der Waals surface area contributed by atoms with Gasteiger partial charge in [-0.15, -0.1) is 4.70 Å². The molecule has 0 aromatic carbocycles. The van der Waals surface area contributed by atoms with Gasteiger partial charge in [0.15, 0.2) is 6.04 Å². The molecular formula is C8H10N3+. The van der Waals surface area contributed by atoms with Gasteiger partial charge < -0.3 is 0 Å². The standard InChI is InChI=1S/C8H10N3/c1-6-5-8-3-4-9-11(8)7(2)10-6/h3-5,8H,1-2H3/q+1. The number of azo groups is 2. The Balaban J connectivity index is 2.45. The van der Waals surface area contributed by atoms with E-state index in [2.05, 4.69) is 22.3 Å². The molecule has 0 aromatic heterocycles. The number of fused-ring (bicyclic) bond motifs is 1. The van der Waals surface area contributed by atoms with Crippen molar-refractivity contribution in [2.24, 2.45) is 10.1 Å². The van der Waals surface area contributed by atoms with E-state index >= 15 is 0 Å². The van der Waals surface area contributed by atoms with Crippen LogP contribution in [-0.2, 0) is 0 Å². The Morgan fingerprint density at radius 1 is 1.45 bits per heavy atom. The Kier molecular flexibility index (Phi) is 1.24. The summed E-state index contributed by atoms with van der Waals surface area (Å²) in [4.78, 5) is 4.30. The van der Waals surface area contributed by atoms with Gasteiger partial charge in [-0.1, -0.05) is 5.11 Å². The normalized spacial score (nSPS) is 27.5. The molecule has 0 aromatic rings. The molecule has 0 spiro atoms. The van der Waals surface area contributed by atoms with E-state index in [9.17, 15) is 0 Å². The van der Waals surface area contributed by atoms with Crippen LogP contribution in [0.2, 0.25) is 0 Å². The van der Waals surface area contributed by atoms with Crippen molar-refractivity contribution in [2.75, 3.05) is 0 Å². The zero-order chi connectivity index (χ0) is 7.84. The van der Waals surface area contributed by atoms with Gasteiger partial charge in [-0.3, -0.25) is 0 Å². The number of amidine groups is 1. The van der Waals surface area contributed by atoms with E-state index in [0.717, 1.165) is 11.5 Å². The van der Waals surface area contributed by atoms with Gasteiger partial charge in [0.25, 0.3) is 0 Å². The van der Waals surface area contributed by atoms with Gasteiger partial charge in [0.05, 0.1) is 6.20 Å². The minimum Gasteiger partial charge on any atom is -0.123 e. The van der Waals surface area contributed by atoms with Crippen LogP contribution in [0.1, 0.15) is 13.8 Å². The monoisotopic (exact) mass is 148 g/mol. The molecule has 2 heterocycles. The molecule has 2 aliphatic rings. The molecule has 0 saturated carbocycles. The van der Waals surface area contributed by atoms with Crippen LogP contribution in [0.25, 0.3) is 0 Å². The number of aliphatic imine (C=N–C) groups is 1. The lowest BCUT2D eigenvalue weighted by Gasteiger charge is -2.06. The third kappa shape index (κ3) is 0.926. The van der Waals surface area contributed by atoms with Crippen LogP contribution < -0.4 is 0 Å². The lowest BCUT2D eigenvalue weighted by atomic mass is 10.2. The fourth-order valence-electron chi connectivity index (χ4n) is 1.37. The van der Waals surface area contributed by atoms with Crippen molar-refractivity contribution < 1.29 is 4.70 Å². The molecule has 3 heteroatoms. The molecule has 0 saturated heterocycles. The summed E-state index contributed by atoms with van der Waals surface area (Å²) in [5.74, 6) is 0.972. The topological polar surface area (TPSA) is 27.7 Å². The van der Waals surface area contributed by atoms with Crippen LogP contribution in [-0.4, -0.2) is 16.6 Å². The quantitative estimate of drug-likeness (QED) is 0.467. The zero-order valence-corrected chi connectivity index (χ0v) is 6.65. The van der Waals surface area contributed by atoms with E-state index in [1.54, 1.807) is 0 Å². The Labute approximate surface area is 65.5 Å².